The average molecular weight is 635 g/mol. The van der Waals surface area contributed by atoms with Crippen LogP contribution in [0, 0.1) is 0 Å². The van der Waals surface area contributed by atoms with Crippen LogP contribution in [0.3, 0.4) is 0 Å². The van der Waals surface area contributed by atoms with E-state index in [1.54, 1.807) is 36.4 Å². The van der Waals surface area contributed by atoms with Gasteiger partial charge in [0.2, 0.25) is 23.3 Å². The van der Waals surface area contributed by atoms with Crippen LogP contribution in [0.5, 0.6) is 0 Å². The second kappa shape index (κ2) is 12.7. The van der Waals surface area contributed by atoms with Gasteiger partial charge < -0.3 is 15.5 Å². The molecule has 0 fully saturated rings. The van der Waals surface area contributed by atoms with Gasteiger partial charge in [-0.15, -0.1) is 0 Å². The van der Waals surface area contributed by atoms with E-state index >= 15 is 0 Å². The highest BCUT2D eigenvalue weighted by atomic mass is 32.2. The molecule has 1 atom stereocenters. The highest BCUT2D eigenvalue weighted by Crippen LogP contribution is 2.44. The minimum atomic E-state index is -4.77. The molecule has 0 amide bonds. The molecule has 0 saturated carbocycles. The lowest BCUT2D eigenvalue weighted by Crippen LogP contribution is -2.27. The van der Waals surface area contributed by atoms with E-state index in [1.807, 2.05) is 19.1 Å². The average Bonchev–Trinajstić information content (AvgIpc) is 2.95. The van der Waals surface area contributed by atoms with E-state index < -0.39 is 34.9 Å². The zero-order valence-corrected chi connectivity index (χ0v) is 25.2. The summed E-state index contributed by atoms with van der Waals surface area (Å²) in [7, 11) is -6.06. The molecule has 2 heterocycles. The number of hydrogen-bond acceptors (Lipinski definition) is 8. The van der Waals surface area contributed by atoms with Gasteiger partial charge in [0, 0.05) is 42.5 Å². The number of anilines is 4. The van der Waals surface area contributed by atoms with Crippen LogP contribution in [0.15, 0.2) is 73.1 Å². The van der Waals surface area contributed by atoms with Crippen molar-refractivity contribution >= 4 is 46.0 Å². The number of pyridine rings is 1. The molecular formula is C28H30F3N6O4PS. The molecule has 1 unspecified atom stereocenters. The number of aryl methyl sites for hydroxylation is 1. The molecule has 228 valence electrons. The Labute approximate surface area is 247 Å². The topological polar surface area (TPSA) is 137 Å². The molecule has 2 aromatic heterocycles. The normalized spacial score (nSPS) is 13.3. The SMILES string of the molecule is CCc1ccccc1P(=O)(O)Cc1ccc(Nc2ncc(C(F)(F)F)c(NCc3cccnc3N(C)S(C)(=O)=O)n2)cc1. The molecule has 0 spiro atoms. The van der Waals surface area contributed by atoms with E-state index in [0.29, 0.717) is 34.7 Å². The predicted octanol–water partition coefficient (Wildman–Crippen LogP) is 5.30. The maximum Gasteiger partial charge on any atom is 0.421 e. The third kappa shape index (κ3) is 7.89. The Morgan fingerprint density at radius 2 is 1.67 bits per heavy atom. The summed E-state index contributed by atoms with van der Waals surface area (Å²) < 4.78 is 79.4. The van der Waals surface area contributed by atoms with Crippen molar-refractivity contribution in [2.75, 3.05) is 28.2 Å². The van der Waals surface area contributed by atoms with Crippen LogP contribution in [0.25, 0.3) is 0 Å². The summed E-state index contributed by atoms with van der Waals surface area (Å²) in [5.41, 5.74) is 1.07. The molecule has 0 aliphatic rings. The van der Waals surface area contributed by atoms with Crippen LogP contribution >= 0.6 is 7.37 Å². The third-order valence-corrected chi connectivity index (χ3v) is 9.71. The molecule has 0 aliphatic carbocycles. The minimum absolute atomic E-state index is 0.0594. The highest BCUT2D eigenvalue weighted by Gasteiger charge is 2.35. The first kappa shape index (κ1) is 31.9. The fraction of sp³-hybridized carbons (Fsp3) is 0.250. The van der Waals surface area contributed by atoms with Crippen LogP contribution in [0.4, 0.5) is 36.4 Å². The number of hydrogen-bond donors (Lipinski definition) is 3. The standard InChI is InChI=1S/C28H30F3N6O4PS/c1-4-20-8-5-6-10-24(20)42(38,39)18-19-11-13-22(14-12-19)35-27-34-17-23(28(29,30)31)25(36-27)33-16-21-9-7-15-32-26(21)37(2)43(3,40)41/h5-15,17H,4,16,18H2,1-3H3,(H,38,39)(H2,33,34,35,36). The van der Waals surface area contributed by atoms with E-state index in [9.17, 15) is 31.0 Å². The van der Waals surface area contributed by atoms with E-state index in [2.05, 4.69) is 25.6 Å². The number of benzene rings is 2. The number of halogens is 3. The van der Waals surface area contributed by atoms with E-state index in [4.69, 9.17) is 0 Å². The number of alkyl halides is 3. The maximum absolute atomic E-state index is 13.8. The lowest BCUT2D eigenvalue weighted by molar-refractivity contribution is -0.137. The lowest BCUT2D eigenvalue weighted by Gasteiger charge is -2.20. The Kier molecular flexibility index (Phi) is 9.43. The summed E-state index contributed by atoms with van der Waals surface area (Å²) in [5, 5.41) is 5.90. The number of nitrogens with one attached hydrogen (secondary N) is 2. The monoisotopic (exact) mass is 634 g/mol. The van der Waals surface area contributed by atoms with Crippen molar-refractivity contribution in [3.8, 4) is 0 Å². The number of nitrogens with zero attached hydrogens (tertiary/aromatic N) is 4. The Balaban J connectivity index is 1.53. The molecule has 0 aliphatic heterocycles. The van der Waals surface area contributed by atoms with Crippen molar-refractivity contribution in [3.05, 3.63) is 95.3 Å². The van der Waals surface area contributed by atoms with Crippen molar-refractivity contribution in [1.82, 2.24) is 15.0 Å². The zero-order chi connectivity index (χ0) is 31.4. The van der Waals surface area contributed by atoms with Crippen LogP contribution < -0.4 is 20.2 Å². The first-order valence-corrected chi connectivity index (χ1v) is 16.7. The molecule has 4 aromatic rings. The summed E-state index contributed by atoms with van der Waals surface area (Å²) in [5.74, 6) is -0.592. The molecule has 0 radical (unpaired) electrons. The summed E-state index contributed by atoms with van der Waals surface area (Å²) in [6.45, 7) is 1.71. The predicted molar refractivity (Wildman–Crippen MR) is 161 cm³/mol. The minimum Gasteiger partial charge on any atom is -0.365 e. The number of rotatable bonds is 11. The third-order valence-electron chi connectivity index (χ3n) is 6.56. The molecule has 3 N–H and O–H groups in total. The van der Waals surface area contributed by atoms with Gasteiger partial charge in [-0.25, -0.2) is 18.4 Å². The van der Waals surface area contributed by atoms with Gasteiger partial charge in [0.1, 0.15) is 17.2 Å². The van der Waals surface area contributed by atoms with Gasteiger partial charge in [0.25, 0.3) is 0 Å². The van der Waals surface area contributed by atoms with E-state index in [0.717, 1.165) is 16.1 Å². The maximum atomic E-state index is 13.8. The van der Waals surface area contributed by atoms with Crippen LogP contribution in [0.2, 0.25) is 0 Å². The quantitative estimate of drug-likeness (QED) is 0.188. The summed E-state index contributed by atoms with van der Waals surface area (Å²) in [4.78, 5) is 22.7. The Morgan fingerprint density at radius 3 is 2.33 bits per heavy atom. The van der Waals surface area contributed by atoms with Crippen LogP contribution in [-0.4, -0.2) is 41.6 Å². The molecule has 10 nitrogen and oxygen atoms in total. The van der Waals surface area contributed by atoms with E-state index in [1.165, 1.54) is 25.4 Å². The Hall–Kier alpha value is -4.00. The second-order valence-electron chi connectivity index (χ2n) is 9.69. The van der Waals surface area contributed by atoms with E-state index in [-0.39, 0.29) is 24.5 Å². The van der Waals surface area contributed by atoms with Crippen molar-refractivity contribution in [2.24, 2.45) is 0 Å². The largest absolute Gasteiger partial charge is 0.421 e. The van der Waals surface area contributed by atoms with Gasteiger partial charge in [-0.1, -0.05) is 43.3 Å². The Morgan fingerprint density at radius 1 is 1.00 bits per heavy atom. The fourth-order valence-electron chi connectivity index (χ4n) is 4.28. The highest BCUT2D eigenvalue weighted by molar-refractivity contribution is 7.92. The molecular weight excluding hydrogens is 604 g/mol. The first-order valence-electron chi connectivity index (χ1n) is 13.0. The summed E-state index contributed by atoms with van der Waals surface area (Å²) in [6, 6.07) is 16.6. The zero-order valence-electron chi connectivity index (χ0n) is 23.5. The van der Waals surface area contributed by atoms with Crippen LogP contribution in [-0.2, 0) is 39.9 Å². The van der Waals surface area contributed by atoms with Crippen molar-refractivity contribution < 1.29 is 31.0 Å². The number of sulfonamides is 1. The second-order valence-corrected chi connectivity index (χ2v) is 13.9. The molecule has 0 saturated heterocycles. The van der Waals surface area contributed by atoms with Gasteiger partial charge in [-0.2, -0.15) is 18.2 Å². The van der Waals surface area contributed by atoms with Gasteiger partial charge in [0.05, 0.1) is 12.4 Å². The molecule has 4 rings (SSSR count). The van der Waals surface area contributed by atoms with Crippen LogP contribution in [0.1, 0.15) is 29.2 Å². The summed E-state index contributed by atoms with van der Waals surface area (Å²) >= 11 is 0. The smallest absolute Gasteiger partial charge is 0.365 e. The molecule has 43 heavy (non-hydrogen) atoms. The van der Waals surface area contributed by atoms with Crippen molar-refractivity contribution in [1.29, 1.82) is 0 Å². The van der Waals surface area contributed by atoms with Gasteiger partial charge in [0.15, 0.2) is 0 Å². The molecule has 15 heteroatoms. The first-order chi connectivity index (χ1) is 20.2. The van der Waals surface area contributed by atoms with Gasteiger partial charge >= 0.3 is 6.18 Å². The molecule has 2 aromatic carbocycles. The Bertz CT molecular complexity index is 1750. The number of aromatic nitrogens is 3. The van der Waals surface area contributed by atoms with Gasteiger partial charge in [-0.05, 0) is 41.8 Å². The van der Waals surface area contributed by atoms with Crippen molar-refractivity contribution in [2.45, 2.75) is 32.2 Å². The van der Waals surface area contributed by atoms with Gasteiger partial charge in [-0.3, -0.25) is 8.87 Å². The lowest BCUT2D eigenvalue weighted by atomic mass is 10.2. The molecule has 0 bridgehead atoms. The summed E-state index contributed by atoms with van der Waals surface area (Å²) in [6.07, 6.45) is -1.22. The fourth-order valence-corrected chi connectivity index (χ4v) is 6.63. The van der Waals surface area contributed by atoms with Crippen molar-refractivity contribution in [3.63, 3.8) is 0 Å².